The minimum Gasteiger partial charge on any atom is -0.324 e. The molecule has 2 rings (SSSR count). The molecule has 0 saturated heterocycles. The van der Waals surface area contributed by atoms with Crippen molar-refractivity contribution in [1.82, 2.24) is 9.78 Å². The van der Waals surface area contributed by atoms with Gasteiger partial charge in [0.05, 0.1) is 18.4 Å². The number of aryl methyl sites for hydroxylation is 1. The van der Waals surface area contributed by atoms with Gasteiger partial charge in [-0.1, -0.05) is 29.8 Å². The van der Waals surface area contributed by atoms with E-state index in [-0.39, 0.29) is 5.91 Å². The number of hydrogen-bond donors (Lipinski definition) is 1. The van der Waals surface area contributed by atoms with E-state index in [0.29, 0.717) is 6.54 Å². The number of rotatable bonds is 3. The summed E-state index contributed by atoms with van der Waals surface area (Å²) in [6.07, 6.45) is 3.47. The Bertz CT molecular complexity index is 514. The summed E-state index contributed by atoms with van der Waals surface area (Å²) in [4.78, 5) is 10.9. The fourth-order valence-electron chi connectivity index (χ4n) is 1.60. The van der Waals surface area contributed by atoms with Gasteiger partial charge in [-0.3, -0.25) is 9.48 Å². The summed E-state index contributed by atoms with van der Waals surface area (Å²) in [6.45, 7) is 4.25. The largest absolute Gasteiger partial charge is 0.324 e. The molecule has 1 heterocycles. The molecule has 1 aromatic heterocycles. The average Bonchev–Trinajstić information content (AvgIpc) is 2.68. The maximum Gasteiger partial charge on any atom is 0.221 e. The molecule has 0 atom stereocenters. The first-order valence-corrected chi connectivity index (χ1v) is 5.49. The Balaban J connectivity index is 2.06. The van der Waals surface area contributed by atoms with Gasteiger partial charge in [-0.15, -0.1) is 0 Å². The smallest absolute Gasteiger partial charge is 0.221 e. The van der Waals surface area contributed by atoms with Crippen LogP contribution in [0.3, 0.4) is 0 Å². The summed E-state index contributed by atoms with van der Waals surface area (Å²) in [5.41, 5.74) is 3.16. The van der Waals surface area contributed by atoms with Crippen LogP contribution in [0.15, 0.2) is 36.7 Å². The molecular weight excluding hydrogens is 214 g/mol. The Morgan fingerprint density at radius 2 is 2.06 bits per heavy atom. The molecule has 1 amide bonds. The van der Waals surface area contributed by atoms with Gasteiger partial charge in [0.25, 0.3) is 0 Å². The number of amides is 1. The lowest BCUT2D eigenvalue weighted by molar-refractivity contribution is -0.114. The molecule has 4 nitrogen and oxygen atoms in total. The Labute approximate surface area is 100 Å². The SMILES string of the molecule is CC(=O)Nc1cnn(Cc2ccc(C)cc2)c1. The third-order valence-corrected chi connectivity index (χ3v) is 2.42. The van der Waals surface area contributed by atoms with E-state index in [9.17, 15) is 4.79 Å². The van der Waals surface area contributed by atoms with Crippen LogP contribution in [0.2, 0.25) is 0 Å². The van der Waals surface area contributed by atoms with Gasteiger partial charge >= 0.3 is 0 Å². The molecule has 0 radical (unpaired) electrons. The molecule has 2 aromatic rings. The normalized spacial score (nSPS) is 10.2. The van der Waals surface area contributed by atoms with Gasteiger partial charge in [-0.25, -0.2) is 0 Å². The van der Waals surface area contributed by atoms with E-state index in [4.69, 9.17) is 0 Å². The summed E-state index contributed by atoms with van der Waals surface area (Å²) in [5.74, 6) is -0.0834. The number of nitrogens with one attached hydrogen (secondary N) is 1. The molecule has 0 aliphatic rings. The molecule has 17 heavy (non-hydrogen) atoms. The van der Waals surface area contributed by atoms with Gasteiger partial charge < -0.3 is 5.32 Å². The standard InChI is InChI=1S/C13H15N3O/c1-10-3-5-12(6-4-10)8-16-9-13(7-14-16)15-11(2)17/h3-7,9H,8H2,1-2H3,(H,15,17). The summed E-state index contributed by atoms with van der Waals surface area (Å²) < 4.78 is 1.80. The zero-order valence-electron chi connectivity index (χ0n) is 9.97. The molecule has 0 aliphatic carbocycles. The van der Waals surface area contributed by atoms with E-state index in [2.05, 4.69) is 41.6 Å². The minimum atomic E-state index is -0.0834. The monoisotopic (exact) mass is 229 g/mol. The van der Waals surface area contributed by atoms with E-state index < -0.39 is 0 Å². The van der Waals surface area contributed by atoms with Crippen LogP contribution in [-0.2, 0) is 11.3 Å². The van der Waals surface area contributed by atoms with Crippen LogP contribution in [0, 0.1) is 6.92 Å². The Hall–Kier alpha value is -2.10. The van der Waals surface area contributed by atoms with E-state index in [1.165, 1.54) is 18.1 Å². The van der Waals surface area contributed by atoms with Crippen LogP contribution in [0.1, 0.15) is 18.1 Å². The predicted molar refractivity (Wildman–Crippen MR) is 66.8 cm³/mol. The summed E-state index contributed by atoms with van der Waals surface area (Å²) in [6, 6.07) is 8.31. The van der Waals surface area contributed by atoms with E-state index >= 15 is 0 Å². The lowest BCUT2D eigenvalue weighted by atomic mass is 10.1. The predicted octanol–water partition coefficient (Wildman–Crippen LogP) is 2.20. The second kappa shape index (κ2) is 4.82. The average molecular weight is 229 g/mol. The Morgan fingerprint density at radius 3 is 2.71 bits per heavy atom. The summed E-state index contributed by atoms with van der Waals surface area (Å²) in [5, 5.41) is 6.89. The van der Waals surface area contributed by atoms with Gasteiger partial charge in [0.2, 0.25) is 5.91 Å². The highest BCUT2D eigenvalue weighted by molar-refractivity contribution is 5.88. The van der Waals surface area contributed by atoms with Crippen molar-refractivity contribution < 1.29 is 4.79 Å². The maximum atomic E-state index is 10.9. The highest BCUT2D eigenvalue weighted by atomic mass is 16.1. The maximum absolute atomic E-state index is 10.9. The Morgan fingerprint density at radius 1 is 1.35 bits per heavy atom. The number of hydrogen-bond acceptors (Lipinski definition) is 2. The third-order valence-electron chi connectivity index (χ3n) is 2.42. The van der Waals surface area contributed by atoms with E-state index in [1.54, 1.807) is 10.9 Å². The summed E-state index contributed by atoms with van der Waals surface area (Å²) in [7, 11) is 0. The molecule has 0 fully saturated rings. The first-order chi connectivity index (χ1) is 8.13. The quantitative estimate of drug-likeness (QED) is 0.877. The van der Waals surface area contributed by atoms with Gasteiger partial charge in [0.15, 0.2) is 0 Å². The van der Waals surface area contributed by atoms with Crippen molar-refractivity contribution in [2.75, 3.05) is 5.32 Å². The minimum absolute atomic E-state index is 0.0834. The number of anilines is 1. The molecule has 0 aliphatic heterocycles. The van der Waals surface area contributed by atoms with Crippen LogP contribution >= 0.6 is 0 Å². The van der Waals surface area contributed by atoms with Gasteiger partial charge in [-0.05, 0) is 12.5 Å². The first kappa shape index (κ1) is 11.4. The van der Waals surface area contributed by atoms with Crippen molar-refractivity contribution >= 4 is 11.6 Å². The van der Waals surface area contributed by atoms with E-state index in [1.807, 2.05) is 6.20 Å². The van der Waals surface area contributed by atoms with Gasteiger partial charge in [-0.2, -0.15) is 5.10 Å². The van der Waals surface area contributed by atoms with Crippen molar-refractivity contribution in [2.24, 2.45) is 0 Å². The van der Waals surface area contributed by atoms with Gasteiger partial charge in [0, 0.05) is 13.1 Å². The van der Waals surface area contributed by atoms with Crippen LogP contribution in [0.5, 0.6) is 0 Å². The number of carbonyl (C=O) groups is 1. The molecule has 4 heteroatoms. The van der Waals surface area contributed by atoms with Crippen LogP contribution < -0.4 is 5.32 Å². The van der Waals surface area contributed by atoms with Crippen molar-refractivity contribution in [1.29, 1.82) is 0 Å². The number of benzene rings is 1. The second-order valence-electron chi connectivity index (χ2n) is 4.09. The fraction of sp³-hybridized carbons (Fsp3) is 0.231. The molecule has 1 N–H and O–H groups in total. The van der Waals surface area contributed by atoms with Gasteiger partial charge in [0.1, 0.15) is 0 Å². The Kier molecular flexibility index (Phi) is 3.23. The number of carbonyl (C=O) groups excluding carboxylic acids is 1. The van der Waals surface area contributed by atoms with Crippen LogP contribution in [0.4, 0.5) is 5.69 Å². The third kappa shape index (κ3) is 3.17. The molecule has 1 aromatic carbocycles. The van der Waals surface area contributed by atoms with Crippen molar-refractivity contribution in [3.8, 4) is 0 Å². The van der Waals surface area contributed by atoms with E-state index in [0.717, 1.165) is 5.69 Å². The molecule has 0 bridgehead atoms. The number of nitrogens with zero attached hydrogens (tertiary/aromatic N) is 2. The van der Waals surface area contributed by atoms with Crippen molar-refractivity contribution in [2.45, 2.75) is 20.4 Å². The zero-order valence-corrected chi connectivity index (χ0v) is 9.97. The summed E-state index contributed by atoms with van der Waals surface area (Å²) >= 11 is 0. The van der Waals surface area contributed by atoms with Crippen molar-refractivity contribution in [3.05, 3.63) is 47.8 Å². The lowest BCUT2D eigenvalue weighted by Crippen LogP contribution is -2.05. The fourth-order valence-corrected chi connectivity index (χ4v) is 1.60. The molecule has 0 spiro atoms. The zero-order chi connectivity index (χ0) is 12.3. The highest BCUT2D eigenvalue weighted by Gasteiger charge is 2.00. The van der Waals surface area contributed by atoms with Crippen molar-refractivity contribution in [3.63, 3.8) is 0 Å². The van der Waals surface area contributed by atoms with Crippen LogP contribution in [-0.4, -0.2) is 15.7 Å². The molecule has 0 saturated carbocycles. The molecule has 0 unspecified atom stereocenters. The second-order valence-corrected chi connectivity index (χ2v) is 4.09. The number of aromatic nitrogens is 2. The topological polar surface area (TPSA) is 46.9 Å². The molecular formula is C13H15N3O. The van der Waals surface area contributed by atoms with Crippen LogP contribution in [0.25, 0.3) is 0 Å². The highest BCUT2D eigenvalue weighted by Crippen LogP contribution is 2.08. The molecule has 88 valence electrons. The first-order valence-electron chi connectivity index (χ1n) is 5.49. The lowest BCUT2D eigenvalue weighted by Gasteiger charge is -2.02.